The second-order valence-corrected chi connectivity index (χ2v) is 6.07. The Labute approximate surface area is 157 Å². The second-order valence-electron chi connectivity index (χ2n) is 6.07. The van der Waals surface area contributed by atoms with Crippen LogP contribution in [0.3, 0.4) is 0 Å². The minimum Gasteiger partial charge on any atom is -0.497 e. The summed E-state index contributed by atoms with van der Waals surface area (Å²) >= 11 is 0. The van der Waals surface area contributed by atoms with Crippen molar-refractivity contribution in [1.82, 2.24) is 10.3 Å². The normalized spacial score (nSPS) is 11.6. The lowest BCUT2D eigenvalue weighted by Crippen LogP contribution is -2.37. The van der Waals surface area contributed by atoms with Crippen molar-refractivity contribution < 1.29 is 14.3 Å². The summed E-state index contributed by atoms with van der Waals surface area (Å²) in [5.74, 6) is -0.641. The van der Waals surface area contributed by atoms with Crippen molar-refractivity contribution in [1.29, 1.82) is 0 Å². The van der Waals surface area contributed by atoms with Gasteiger partial charge in [-0.1, -0.05) is 25.1 Å². The van der Waals surface area contributed by atoms with E-state index in [1.165, 1.54) is 0 Å². The molecule has 0 saturated carbocycles. The van der Waals surface area contributed by atoms with E-state index in [0.29, 0.717) is 12.1 Å². The zero-order valence-corrected chi connectivity index (χ0v) is 15.2. The standard InChI is InChI=1S/C21H21N3O3/c1-3-18(14-6-9-17(27-2)10-7-14)24-21(26)20(25)23-16-8-11-19-15(13-16)5-4-12-22-19/h4-13,18H,3H2,1-2H3,(H,23,25)(H,24,26)/t18-/m0/s1. The zero-order valence-electron chi connectivity index (χ0n) is 15.2. The number of nitrogens with one attached hydrogen (secondary N) is 2. The van der Waals surface area contributed by atoms with Crippen LogP contribution in [0, 0.1) is 0 Å². The molecular formula is C21H21N3O3. The SMILES string of the molecule is CC[C@H](NC(=O)C(=O)Nc1ccc2ncccc2c1)c1ccc(OC)cc1. The third kappa shape index (κ3) is 4.41. The number of ether oxygens (including phenoxy) is 1. The fourth-order valence-electron chi connectivity index (χ4n) is 2.82. The third-order valence-corrected chi connectivity index (χ3v) is 4.30. The molecule has 0 aliphatic heterocycles. The smallest absolute Gasteiger partial charge is 0.313 e. The van der Waals surface area contributed by atoms with Crippen LogP contribution in [-0.4, -0.2) is 23.9 Å². The van der Waals surface area contributed by atoms with E-state index in [4.69, 9.17) is 4.74 Å². The van der Waals surface area contributed by atoms with Gasteiger partial charge in [-0.05, 0) is 48.4 Å². The predicted molar refractivity (Wildman–Crippen MR) is 105 cm³/mol. The van der Waals surface area contributed by atoms with Gasteiger partial charge in [0, 0.05) is 17.3 Å². The highest BCUT2D eigenvalue weighted by molar-refractivity contribution is 6.39. The third-order valence-electron chi connectivity index (χ3n) is 4.30. The first kappa shape index (κ1) is 18.4. The average molecular weight is 363 g/mol. The molecule has 2 N–H and O–H groups in total. The minimum atomic E-state index is -0.704. The number of carbonyl (C=O) groups is 2. The number of fused-ring (bicyclic) bond motifs is 1. The summed E-state index contributed by atoms with van der Waals surface area (Å²) in [5.41, 5.74) is 2.29. The molecule has 1 aromatic heterocycles. The van der Waals surface area contributed by atoms with E-state index >= 15 is 0 Å². The van der Waals surface area contributed by atoms with Gasteiger partial charge in [-0.2, -0.15) is 0 Å². The van der Waals surface area contributed by atoms with Gasteiger partial charge in [0.2, 0.25) is 0 Å². The Bertz CT molecular complexity index is 954. The molecule has 0 unspecified atom stereocenters. The lowest BCUT2D eigenvalue weighted by molar-refractivity contribution is -0.136. The van der Waals surface area contributed by atoms with Gasteiger partial charge in [0.25, 0.3) is 0 Å². The average Bonchev–Trinajstić information content (AvgIpc) is 2.71. The highest BCUT2D eigenvalue weighted by atomic mass is 16.5. The summed E-state index contributed by atoms with van der Waals surface area (Å²) in [6.45, 7) is 1.95. The summed E-state index contributed by atoms with van der Waals surface area (Å²) in [7, 11) is 1.60. The van der Waals surface area contributed by atoms with Crippen LogP contribution in [0.4, 0.5) is 5.69 Å². The van der Waals surface area contributed by atoms with E-state index in [0.717, 1.165) is 22.2 Å². The van der Waals surface area contributed by atoms with Crippen molar-refractivity contribution in [3.63, 3.8) is 0 Å². The van der Waals surface area contributed by atoms with Gasteiger partial charge in [-0.25, -0.2) is 0 Å². The van der Waals surface area contributed by atoms with Crippen LogP contribution >= 0.6 is 0 Å². The van der Waals surface area contributed by atoms with Crippen LogP contribution in [0.1, 0.15) is 24.9 Å². The van der Waals surface area contributed by atoms with Crippen molar-refractivity contribution >= 4 is 28.4 Å². The molecule has 0 fully saturated rings. The van der Waals surface area contributed by atoms with Gasteiger partial charge in [0.05, 0.1) is 18.7 Å². The predicted octanol–water partition coefficient (Wildman–Crippen LogP) is 3.45. The molecule has 0 radical (unpaired) electrons. The van der Waals surface area contributed by atoms with Crippen molar-refractivity contribution in [3.05, 3.63) is 66.4 Å². The Morgan fingerprint density at radius 1 is 1.07 bits per heavy atom. The number of methoxy groups -OCH3 is 1. The van der Waals surface area contributed by atoms with Gasteiger partial charge in [-0.3, -0.25) is 14.6 Å². The fourth-order valence-corrected chi connectivity index (χ4v) is 2.82. The summed E-state index contributed by atoms with van der Waals surface area (Å²) in [5, 5.41) is 6.30. The van der Waals surface area contributed by atoms with E-state index in [1.807, 2.05) is 43.3 Å². The Balaban J connectivity index is 1.66. The first-order valence-corrected chi connectivity index (χ1v) is 8.71. The maximum Gasteiger partial charge on any atom is 0.313 e. The first-order valence-electron chi connectivity index (χ1n) is 8.71. The zero-order chi connectivity index (χ0) is 19.2. The molecule has 1 atom stereocenters. The molecule has 0 aliphatic rings. The van der Waals surface area contributed by atoms with E-state index in [9.17, 15) is 9.59 Å². The van der Waals surface area contributed by atoms with Gasteiger partial charge in [-0.15, -0.1) is 0 Å². The number of anilines is 1. The molecular weight excluding hydrogens is 342 g/mol. The molecule has 0 aliphatic carbocycles. The van der Waals surface area contributed by atoms with Gasteiger partial charge in [0.1, 0.15) is 5.75 Å². The van der Waals surface area contributed by atoms with Crippen molar-refractivity contribution in [2.24, 2.45) is 0 Å². The number of aromatic nitrogens is 1. The van der Waals surface area contributed by atoms with E-state index < -0.39 is 11.8 Å². The number of nitrogens with zero attached hydrogens (tertiary/aromatic N) is 1. The Morgan fingerprint density at radius 3 is 2.56 bits per heavy atom. The van der Waals surface area contributed by atoms with Crippen LogP contribution in [0.5, 0.6) is 5.75 Å². The number of pyridine rings is 1. The molecule has 6 nitrogen and oxygen atoms in total. The van der Waals surface area contributed by atoms with E-state index in [-0.39, 0.29) is 6.04 Å². The van der Waals surface area contributed by atoms with Gasteiger partial charge < -0.3 is 15.4 Å². The molecule has 6 heteroatoms. The summed E-state index contributed by atoms with van der Waals surface area (Å²) in [6.07, 6.45) is 2.37. The molecule has 0 saturated heterocycles. The second kappa shape index (κ2) is 8.31. The van der Waals surface area contributed by atoms with Crippen LogP contribution in [-0.2, 0) is 9.59 Å². The largest absolute Gasteiger partial charge is 0.497 e. The lowest BCUT2D eigenvalue weighted by atomic mass is 10.0. The monoisotopic (exact) mass is 363 g/mol. The van der Waals surface area contributed by atoms with Crippen LogP contribution in [0.25, 0.3) is 10.9 Å². The molecule has 3 rings (SSSR count). The number of amides is 2. The maximum absolute atomic E-state index is 12.3. The summed E-state index contributed by atoms with van der Waals surface area (Å²) in [6, 6.07) is 16.2. The fraction of sp³-hybridized carbons (Fsp3) is 0.190. The highest BCUT2D eigenvalue weighted by Gasteiger charge is 2.19. The molecule has 0 bridgehead atoms. The summed E-state index contributed by atoms with van der Waals surface area (Å²) < 4.78 is 5.14. The molecule has 2 amide bonds. The van der Waals surface area contributed by atoms with Gasteiger partial charge in [0.15, 0.2) is 0 Å². The molecule has 138 valence electrons. The first-order chi connectivity index (χ1) is 13.1. The number of hydrogen-bond acceptors (Lipinski definition) is 4. The number of hydrogen-bond donors (Lipinski definition) is 2. The number of rotatable bonds is 5. The molecule has 27 heavy (non-hydrogen) atoms. The quantitative estimate of drug-likeness (QED) is 0.681. The minimum absolute atomic E-state index is 0.255. The van der Waals surface area contributed by atoms with Crippen molar-refractivity contribution in [3.8, 4) is 5.75 Å². The molecule has 2 aromatic carbocycles. The van der Waals surface area contributed by atoms with Crippen molar-refractivity contribution in [2.45, 2.75) is 19.4 Å². The number of carbonyl (C=O) groups excluding carboxylic acids is 2. The van der Waals surface area contributed by atoms with Crippen LogP contribution in [0.2, 0.25) is 0 Å². The lowest BCUT2D eigenvalue weighted by Gasteiger charge is -2.17. The molecule has 0 spiro atoms. The summed E-state index contributed by atoms with van der Waals surface area (Å²) in [4.78, 5) is 28.8. The van der Waals surface area contributed by atoms with Crippen LogP contribution in [0.15, 0.2) is 60.8 Å². The Kier molecular flexibility index (Phi) is 5.66. The van der Waals surface area contributed by atoms with E-state index in [2.05, 4.69) is 15.6 Å². The van der Waals surface area contributed by atoms with E-state index in [1.54, 1.807) is 31.5 Å². The Hall–Kier alpha value is -3.41. The van der Waals surface area contributed by atoms with Crippen LogP contribution < -0.4 is 15.4 Å². The Morgan fingerprint density at radius 2 is 1.85 bits per heavy atom. The number of benzene rings is 2. The maximum atomic E-state index is 12.3. The highest BCUT2D eigenvalue weighted by Crippen LogP contribution is 2.20. The topological polar surface area (TPSA) is 80.3 Å². The molecule has 1 heterocycles. The van der Waals surface area contributed by atoms with Gasteiger partial charge >= 0.3 is 11.8 Å². The molecule has 3 aromatic rings. The van der Waals surface area contributed by atoms with Crippen molar-refractivity contribution in [2.75, 3.05) is 12.4 Å².